The van der Waals surface area contributed by atoms with Crippen molar-refractivity contribution in [2.75, 3.05) is 0 Å². The molecule has 0 bridgehead atoms. The van der Waals surface area contributed by atoms with Crippen LogP contribution in [0.3, 0.4) is 0 Å². The highest BCUT2D eigenvalue weighted by Gasteiger charge is 2.22. The van der Waals surface area contributed by atoms with Crippen molar-refractivity contribution in [1.82, 2.24) is 10.2 Å². The van der Waals surface area contributed by atoms with Gasteiger partial charge in [-0.2, -0.15) is 5.10 Å². The molecule has 2 rings (SSSR count). The Labute approximate surface area is 87.1 Å². The summed E-state index contributed by atoms with van der Waals surface area (Å²) >= 11 is 0. The number of nitrogens with one attached hydrogen (secondary N) is 1. The zero-order valence-corrected chi connectivity index (χ0v) is 7.97. The second kappa shape index (κ2) is 3.96. The maximum Gasteiger partial charge on any atom is 0.236 e. The molecule has 0 aliphatic carbocycles. The van der Waals surface area contributed by atoms with Crippen LogP contribution in [0.4, 0.5) is 0 Å². The van der Waals surface area contributed by atoms with E-state index in [9.17, 15) is 4.79 Å². The molecular weight excluding hydrogens is 190 g/mol. The number of primary amides is 1. The molecule has 1 aromatic carbocycles. The Morgan fingerprint density at radius 3 is 2.47 bits per heavy atom. The Balaban J connectivity index is 2.42. The van der Waals surface area contributed by atoms with Gasteiger partial charge in [0.1, 0.15) is 5.92 Å². The van der Waals surface area contributed by atoms with Crippen molar-refractivity contribution in [3.63, 3.8) is 0 Å². The van der Waals surface area contributed by atoms with E-state index >= 15 is 0 Å². The number of amides is 1. The van der Waals surface area contributed by atoms with Crippen molar-refractivity contribution in [2.24, 2.45) is 5.73 Å². The zero-order valence-electron chi connectivity index (χ0n) is 7.97. The molecule has 1 amide bonds. The van der Waals surface area contributed by atoms with Crippen LogP contribution in [0.1, 0.15) is 11.3 Å². The summed E-state index contributed by atoms with van der Waals surface area (Å²) in [6, 6.07) is 11.0. The second-order valence-corrected chi connectivity index (χ2v) is 3.06. The Morgan fingerprint density at radius 2 is 1.93 bits per heavy atom. The minimum Gasteiger partial charge on any atom is -0.368 e. The Hall–Kier alpha value is -2.10. The van der Waals surface area contributed by atoms with Crippen LogP contribution >= 0.6 is 0 Å². The average molecular weight is 200 g/mol. The van der Waals surface area contributed by atoms with E-state index in [4.69, 9.17) is 5.73 Å². The third-order valence-corrected chi connectivity index (χ3v) is 2.07. The number of aromatic nitrogens is 2. The highest BCUT2D eigenvalue weighted by Crippen LogP contribution is 2.20. The molecule has 3 N–H and O–H groups in total. The van der Waals surface area contributed by atoms with E-state index < -0.39 is 5.91 Å². The first kappa shape index (κ1) is 9.45. The first-order chi connectivity index (χ1) is 7.29. The summed E-state index contributed by atoms with van der Waals surface area (Å²) in [6.45, 7) is 0. The molecule has 0 spiro atoms. The number of nitrogens with zero attached hydrogens (tertiary/aromatic N) is 1. The first-order valence-corrected chi connectivity index (χ1v) is 4.51. The molecule has 0 unspecified atom stereocenters. The second-order valence-electron chi connectivity index (χ2n) is 3.06. The number of hydrogen-bond donors (Lipinski definition) is 2. The van der Waals surface area contributed by atoms with Gasteiger partial charge in [0.25, 0.3) is 0 Å². The van der Waals surface area contributed by atoms with Gasteiger partial charge < -0.3 is 5.73 Å². The lowest BCUT2D eigenvalue weighted by atomic mass is 9.95. The van der Waals surface area contributed by atoms with Crippen LogP contribution in [0.15, 0.2) is 42.6 Å². The van der Waals surface area contributed by atoms with Gasteiger partial charge in [-0.1, -0.05) is 30.3 Å². The number of aromatic amines is 1. The van der Waals surface area contributed by atoms with E-state index in [1.807, 2.05) is 30.3 Å². The standard InChI is InChI=1S/C11H10N3O/c12-11(15)10(9-6-7-13-14-9)8-4-2-1-3-5-8/h1-7H,(H2,12,15)(H,13,14). The Bertz CT molecular complexity index is 436. The molecule has 15 heavy (non-hydrogen) atoms. The number of H-pyrrole nitrogens is 1. The molecule has 4 nitrogen and oxygen atoms in total. The topological polar surface area (TPSA) is 71.8 Å². The highest BCUT2D eigenvalue weighted by atomic mass is 16.1. The molecule has 2 aromatic rings. The lowest BCUT2D eigenvalue weighted by Gasteiger charge is -2.09. The van der Waals surface area contributed by atoms with Gasteiger partial charge in [0, 0.05) is 6.20 Å². The van der Waals surface area contributed by atoms with Gasteiger partial charge in [-0.3, -0.25) is 9.89 Å². The summed E-state index contributed by atoms with van der Waals surface area (Å²) in [6.07, 6.45) is 1.65. The number of carbonyl (C=O) groups is 1. The average Bonchev–Trinajstić information content (AvgIpc) is 2.72. The van der Waals surface area contributed by atoms with Gasteiger partial charge in [0.2, 0.25) is 5.91 Å². The van der Waals surface area contributed by atoms with Gasteiger partial charge in [0.15, 0.2) is 0 Å². The fourth-order valence-electron chi connectivity index (χ4n) is 1.42. The van der Waals surface area contributed by atoms with Gasteiger partial charge in [-0.05, 0) is 11.6 Å². The molecule has 0 aliphatic rings. The molecule has 0 fully saturated rings. The molecule has 4 heteroatoms. The van der Waals surface area contributed by atoms with Gasteiger partial charge in [-0.15, -0.1) is 0 Å². The van der Waals surface area contributed by atoms with E-state index in [2.05, 4.69) is 10.2 Å². The van der Waals surface area contributed by atoms with Gasteiger partial charge >= 0.3 is 0 Å². The van der Waals surface area contributed by atoms with Crippen molar-refractivity contribution in [3.05, 3.63) is 59.8 Å². The third kappa shape index (κ3) is 1.88. The summed E-state index contributed by atoms with van der Waals surface area (Å²) < 4.78 is 0. The predicted molar refractivity (Wildman–Crippen MR) is 55.7 cm³/mol. The first-order valence-electron chi connectivity index (χ1n) is 4.51. The lowest BCUT2D eigenvalue weighted by Crippen LogP contribution is -2.23. The van der Waals surface area contributed by atoms with Crippen molar-refractivity contribution < 1.29 is 4.79 Å². The van der Waals surface area contributed by atoms with Crippen LogP contribution in [-0.4, -0.2) is 16.1 Å². The predicted octanol–water partition coefficient (Wildman–Crippen LogP) is 0.866. The molecule has 0 aliphatic heterocycles. The quantitative estimate of drug-likeness (QED) is 0.771. The number of carbonyl (C=O) groups excluding carboxylic acids is 1. The minimum atomic E-state index is -0.478. The minimum absolute atomic E-state index is 0.428. The molecular formula is C11H10N3O. The van der Waals surface area contributed by atoms with E-state index in [1.54, 1.807) is 12.3 Å². The number of hydrogen-bond acceptors (Lipinski definition) is 2. The van der Waals surface area contributed by atoms with Crippen LogP contribution in [-0.2, 0) is 4.79 Å². The molecule has 1 heterocycles. The summed E-state index contributed by atoms with van der Waals surface area (Å²) in [5.74, 6) is -0.0508. The largest absolute Gasteiger partial charge is 0.368 e. The van der Waals surface area contributed by atoms with Gasteiger partial charge in [0.05, 0.1) is 5.69 Å². The SMILES string of the molecule is NC(=O)[C](c1ccccc1)c1cc[nH]n1. The highest BCUT2D eigenvalue weighted by molar-refractivity contribution is 5.96. The van der Waals surface area contributed by atoms with E-state index in [1.165, 1.54) is 0 Å². The monoisotopic (exact) mass is 200 g/mol. The smallest absolute Gasteiger partial charge is 0.236 e. The normalized spacial score (nSPS) is 10.5. The zero-order chi connectivity index (χ0) is 10.7. The fraction of sp³-hybridized carbons (Fsp3) is 0. The summed E-state index contributed by atoms with van der Waals surface area (Å²) in [5.41, 5.74) is 6.67. The van der Waals surface area contributed by atoms with Crippen LogP contribution in [0.5, 0.6) is 0 Å². The molecule has 0 atom stereocenters. The fourth-order valence-corrected chi connectivity index (χ4v) is 1.42. The maximum absolute atomic E-state index is 11.3. The lowest BCUT2D eigenvalue weighted by molar-refractivity contribution is -0.115. The van der Waals surface area contributed by atoms with Crippen molar-refractivity contribution >= 4 is 5.91 Å². The molecule has 75 valence electrons. The number of benzene rings is 1. The van der Waals surface area contributed by atoms with Crippen molar-refractivity contribution in [3.8, 4) is 0 Å². The molecule has 1 aromatic heterocycles. The van der Waals surface area contributed by atoms with Crippen LogP contribution in [0.2, 0.25) is 0 Å². The van der Waals surface area contributed by atoms with E-state index in [0.29, 0.717) is 11.6 Å². The summed E-state index contributed by atoms with van der Waals surface area (Å²) in [7, 11) is 0. The molecule has 1 radical (unpaired) electrons. The van der Waals surface area contributed by atoms with E-state index in [-0.39, 0.29) is 0 Å². The third-order valence-electron chi connectivity index (χ3n) is 2.07. The van der Waals surface area contributed by atoms with Crippen molar-refractivity contribution in [1.29, 1.82) is 0 Å². The van der Waals surface area contributed by atoms with E-state index in [0.717, 1.165) is 5.56 Å². The van der Waals surface area contributed by atoms with Crippen molar-refractivity contribution in [2.45, 2.75) is 0 Å². The Kier molecular flexibility index (Phi) is 2.49. The molecule has 0 saturated heterocycles. The maximum atomic E-state index is 11.3. The Morgan fingerprint density at radius 1 is 1.20 bits per heavy atom. The van der Waals surface area contributed by atoms with Crippen LogP contribution in [0, 0.1) is 5.92 Å². The van der Waals surface area contributed by atoms with Gasteiger partial charge in [-0.25, -0.2) is 0 Å². The van der Waals surface area contributed by atoms with Crippen LogP contribution < -0.4 is 5.73 Å². The summed E-state index contributed by atoms with van der Waals surface area (Å²) in [4.78, 5) is 11.3. The molecule has 0 saturated carbocycles. The number of nitrogens with two attached hydrogens (primary N) is 1. The summed E-state index contributed by atoms with van der Waals surface area (Å²) in [5, 5.41) is 6.61. The number of rotatable bonds is 3. The van der Waals surface area contributed by atoms with Crippen LogP contribution in [0.25, 0.3) is 0 Å².